The number of carbonyl (C=O) groups is 4. The zero-order valence-corrected chi connectivity index (χ0v) is 77.7. The molecule has 0 aromatic heterocycles. The van der Waals surface area contributed by atoms with Gasteiger partial charge in [0.25, 0.3) is 0 Å². The van der Waals surface area contributed by atoms with E-state index >= 15 is 0 Å². The third-order valence-corrected chi connectivity index (χ3v) is 24.9. The van der Waals surface area contributed by atoms with Crippen LogP contribution in [0.4, 0.5) is 0 Å². The Bertz CT molecular complexity index is 2760. The summed E-state index contributed by atoms with van der Waals surface area (Å²) in [4.78, 5) is 59.3. The van der Waals surface area contributed by atoms with Crippen molar-refractivity contribution in [2.24, 2.45) is 52.8 Å². The molecule has 19 atom stereocenters. The van der Waals surface area contributed by atoms with E-state index in [0.29, 0.717) is 77.2 Å². The van der Waals surface area contributed by atoms with Crippen molar-refractivity contribution in [3.8, 4) is 6.07 Å². The van der Waals surface area contributed by atoms with Gasteiger partial charge in [-0.15, -0.1) is 0 Å². The maximum atomic E-state index is 12.2. The highest BCUT2D eigenvalue weighted by molar-refractivity contribution is 7.42. The van der Waals surface area contributed by atoms with Crippen molar-refractivity contribution in [1.29, 1.82) is 5.26 Å². The second-order valence-corrected chi connectivity index (χ2v) is 35.4. The first-order valence-electron chi connectivity index (χ1n) is 43.4. The lowest BCUT2D eigenvalue weighted by atomic mass is 9.79. The Hall–Kier alpha value is -3.71. The van der Waals surface area contributed by atoms with Crippen molar-refractivity contribution in [3.63, 3.8) is 0 Å². The summed E-state index contributed by atoms with van der Waals surface area (Å²) < 4.78 is 141. The minimum atomic E-state index is -1.81. The topological polar surface area (TPSA) is 333 Å². The van der Waals surface area contributed by atoms with Gasteiger partial charge >= 0.3 is 43.7 Å². The first kappa shape index (κ1) is 110. The van der Waals surface area contributed by atoms with E-state index in [-0.39, 0.29) is 234 Å². The standard InChI is InChI=1S/C84H149N6O27P3/c1-62(2)90(63(3)4)83(101-51-35-85)105-61-84(58-95-39-32-48-109-118(112-52-36-86-17)106-45-29-23-20-26-42-98-80-70(11)64(5)66(7)76(115-80)55-102-73(14)92,59-96-40-33-49-110-119(113-53-37-87-18)107-46-30-24-21-27-43-99-81-71(12)65(6)67(8)77(116-81)56-103-74(15)93)60-97-41-34-50-111-120(114-54-38-88-19)108-47-31-25-22-28-44-100-82-79(89-72(13)91)69(10)68(9)78(117-82)57-104-75(16)94/h62-71,76-83H,20-34,36-61H2,1-16H3,(H,89,91)/t64-,65-,66-,67-,68-,69-,70?,71?,76?,77?,78?,79?,80+,81+,82+,83?,84?,118?,119?,120?/m0/s1. The Morgan fingerprint density at radius 3 is 1.02 bits per heavy atom. The fourth-order valence-corrected chi connectivity index (χ4v) is 16.6. The minimum Gasteiger partial charge on any atom is -0.463 e. The number of rotatable bonds is 72. The van der Waals surface area contributed by atoms with Crippen LogP contribution in [-0.2, 0) is 126 Å². The highest BCUT2D eigenvalue weighted by Gasteiger charge is 2.45. The molecule has 0 aliphatic carbocycles. The zero-order chi connectivity index (χ0) is 88.3. The Morgan fingerprint density at radius 2 is 0.708 bits per heavy atom. The van der Waals surface area contributed by atoms with Crippen LogP contribution in [0, 0.1) is 83.8 Å². The molecule has 3 aliphatic rings. The van der Waals surface area contributed by atoms with Crippen LogP contribution in [0.25, 0.3) is 14.5 Å². The van der Waals surface area contributed by atoms with E-state index in [9.17, 15) is 24.4 Å². The van der Waals surface area contributed by atoms with Crippen molar-refractivity contribution in [3.05, 3.63) is 34.3 Å². The van der Waals surface area contributed by atoms with Gasteiger partial charge in [0.2, 0.25) is 32.0 Å². The molecule has 3 heterocycles. The van der Waals surface area contributed by atoms with E-state index in [1.54, 1.807) is 0 Å². The number of esters is 3. The second-order valence-electron chi connectivity index (χ2n) is 31.7. The van der Waals surface area contributed by atoms with Gasteiger partial charge in [0.1, 0.15) is 46.2 Å². The molecule has 1 amide bonds. The van der Waals surface area contributed by atoms with Crippen LogP contribution in [0.1, 0.15) is 207 Å². The molecule has 0 radical (unpaired) electrons. The minimum absolute atomic E-state index is 0.00106. The van der Waals surface area contributed by atoms with Gasteiger partial charge in [-0.3, -0.25) is 24.1 Å². The number of unbranched alkanes of at least 4 members (excludes halogenated alkanes) is 9. The Labute approximate surface area is 721 Å². The molecule has 692 valence electrons. The van der Waals surface area contributed by atoms with Crippen LogP contribution in [-0.4, -0.2) is 262 Å². The van der Waals surface area contributed by atoms with Gasteiger partial charge in [-0.1, -0.05) is 93.9 Å². The molecule has 1 N–H and O–H groups in total. The summed E-state index contributed by atoms with van der Waals surface area (Å²) in [5.41, 5.74) is -0.980. The summed E-state index contributed by atoms with van der Waals surface area (Å²) in [5, 5.41) is 12.8. The molecule has 3 fully saturated rings. The summed E-state index contributed by atoms with van der Waals surface area (Å²) in [6.45, 7) is 58.1. The van der Waals surface area contributed by atoms with Crippen LogP contribution in [0.5, 0.6) is 0 Å². The van der Waals surface area contributed by atoms with Crippen molar-refractivity contribution < 1.29 is 126 Å². The van der Waals surface area contributed by atoms with Crippen molar-refractivity contribution >= 4 is 49.6 Å². The number of hydrogen-bond acceptors (Lipinski definition) is 29. The van der Waals surface area contributed by atoms with Crippen LogP contribution in [0.3, 0.4) is 0 Å². The zero-order valence-electron chi connectivity index (χ0n) is 75.0. The predicted octanol–water partition coefficient (Wildman–Crippen LogP) is 14.9. The number of nitrogens with zero attached hydrogens (tertiary/aromatic N) is 5. The molecule has 36 heteroatoms. The fraction of sp³-hybridized carbons (Fsp3) is 0.905. The Morgan fingerprint density at radius 1 is 0.400 bits per heavy atom. The lowest BCUT2D eigenvalue weighted by molar-refractivity contribution is -0.255. The lowest BCUT2D eigenvalue weighted by Gasteiger charge is -2.44. The number of nitriles is 1. The lowest BCUT2D eigenvalue weighted by Crippen LogP contribution is -2.58. The fourth-order valence-electron chi connectivity index (χ4n) is 13.6. The van der Waals surface area contributed by atoms with E-state index in [4.69, 9.17) is 127 Å². The van der Waals surface area contributed by atoms with E-state index in [1.165, 1.54) is 27.7 Å². The molecule has 3 saturated heterocycles. The Kier molecular flexibility index (Phi) is 62.2. The molecule has 3 rings (SSSR count). The molecule has 0 bridgehead atoms. The number of nitrogens with one attached hydrogen (secondary N) is 1. The van der Waals surface area contributed by atoms with E-state index in [1.807, 2.05) is 46.4 Å². The summed E-state index contributed by atoms with van der Waals surface area (Å²) >= 11 is 0. The summed E-state index contributed by atoms with van der Waals surface area (Å²) in [7, 11) is -5.36. The third kappa shape index (κ3) is 47.7. The second kappa shape index (κ2) is 67.6. The summed E-state index contributed by atoms with van der Waals surface area (Å²) in [5.74, 6) is 0.177. The van der Waals surface area contributed by atoms with Gasteiger partial charge in [0.05, 0.1) is 102 Å². The van der Waals surface area contributed by atoms with Gasteiger partial charge in [0, 0.05) is 91.3 Å². The maximum absolute atomic E-state index is 12.2. The number of hydrogen-bond donors (Lipinski definition) is 1. The Balaban J connectivity index is 1.72. The largest absolute Gasteiger partial charge is 0.463 e. The highest BCUT2D eigenvalue weighted by atomic mass is 31.2. The predicted molar refractivity (Wildman–Crippen MR) is 451 cm³/mol. The highest BCUT2D eigenvalue weighted by Crippen LogP contribution is 2.44. The van der Waals surface area contributed by atoms with Gasteiger partial charge in [-0.2, -0.15) is 5.26 Å². The molecule has 0 saturated carbocycles. The first-order valence-corrected chi connectivity index (χ1v) is 46.7. The molecule has 10 unspecified atom stereocenters. The summed E-state index contributed by atoms with van der Waals surface area (Å²) in [6, 6.07) is 1.64. The summed E-state index contributed by atoms with van der Waals surface area (Å²) in [6.07, 6.45) is 7.88. The smallest absolute Gasteiger partial charge is 0.332 e. The number of ether oxygens (including phenoxy) is 14. The maximum Gasteiger partial charge on any atom is 0.332 e. The average Bonchev–Trinajstić information content (AvgIpc) is 0.816. The molecule has 0 aromatic rings. The van der Waals surface area contributed by atoms with Crippen molar-refractivity contribution in [2.45, 2.75) is 269 Å². The molecule has 0 spiro atoms. The van der Waals surface area contributed by atoms with Crippen LogP contribution < -0.4 is 5.32 Å². The van der Waals surface area contributed by atoms with Crippen molar-refractivity contribution in [2.75, 3.05) is 172 Å². The van der Waals surface area contributed by atoms with Crippen LogP contribution in [0.2, 0.25) is 0 Å². The number of amides is 1. The quantitative estimate of drug-likeness (QED) is 0.0148. The van der Waals surface area contributed by atoms with Gasteiger partial charge < -0.3 is 127 Å². The van der Waals surface area contributed by atoms with Gasteiger partial charge in [-0.25, -0.2) is 19.7 Å². The van der Waals surface area contributed by atoms with Crippen LogP contribution in [0.15, 0.2) is 0 Å². The molecular formula is C84H149N6O27P3. The van der Waals surface area contributed by atoms with Gasteiger partial charge in [-0.05, 0) is 121 Å². The molecule has 120 heavy (non-hydrogen) atoms. The SMILES string of the molecule is [C-]#[N+]CCOP(OCCCCCCO[C@@H]1OC(COC(C)=O)[C@@H](C)[C@H](C)C1C)OCCCOCC(COCCCOP(OCCCCCCO[C@@H]1OC(COC(C)=O)[C@@H](C)[C@H](C)C1C)OCC[N+]#[C-])(COCCCOP(OCCCCCCO[C@@H]1OC(COC(C)=O)[C@@H](C)[C@H](C)C1NC(C)=O)OCC[N+]#[C-])COC(OCC#N)N(C(C)C)C(C)C. The van der Waals surface area contributed by atoms with Gasteiger partial charge in [0.15, 0.2) is 18.9 Å². The van der Waals surface area contributed by atoms with Crippen LogP contribution >= 0.6 is 25.8 Å². The monoisotopic (exact) mass is 1770 g/mol. The first-order chi connectivity index (χ1) is 57.7. The molecular weight excluding hydrogens is 1620 g/mol. The molecule has 3 aliphatic heterocycles. The third-order valence-electron chi connectivity index (χ3n) is 21.4. The average molecular weight is 1770 g/mol. The number of carbonyl (C=O) groups excluding carboxylic acids is 4. The van der Waals surface area contributed by atoms with Crippen molar-refractivity contribution in [1.82, 2.24) is 10.2 Å². The molecule has 0 aromatic carbocycles. The molecule has 33 nitrogen and oxygen atoms in total. The van der Waals surface area contributed by atoms with E-state index in [0.717, 1.165) is 70.6 Å². The normalized spacial score (nSPS) is 24.7. The van der Waals surface area contributed by atoms with E-state index in [2.05, 4.69) is 67.5 Å². The van der Waals surface area contributed by atoms with E-state index < -0.39 is 49.9 Å².